The maximum absolute atomic E-state index is 13.6. The van der Waals surface area contributed by atoms with Crippen LogP contribution in [0.2, 0.25) is 0 Å². The maximum Gasteiger partial charge on any atom is 0.251 e. The highest BCUT2D eigenvalue weighted by molar-refractivity contribution is 6.01. The van der Waals surface area contributed by atoms with Gasteiger partial charge in [-0.2, -0.15) is 0 Å². The fourth-order valence-corrected chi connectivity index (χ4v) is 1.46. The van der Waals surface area contributed by atoms with Gasteiger partial charge >= 0.3 is 0 Å². The molecule has 0 saturated carbocycles. The quantitative estimate of drug-likeness (QED) is 0.513. The van der Waals surface area contributed by atoms with Crippen LogP contribution >= 0.6 is 0 Å². The first kappa shape index (κ1) is 13.3. The second kappa shape index (κ2) is 5.03. The minimum absolute atomic E-state index is 0.0616. The lowest BCUT2D eigenvalue weighted by atomic mass is 10.00. The molecule has 0 atom stereocenters. The molecule has 0 saturated heterocycles. The van der Waals surface area contributed by atoms with Gasteiger partial charge in [-0.3, -0.25) is 9.59 Å². The SMILES string of the molecule is CNC(=O)c1cc(C)c(C(=O)C(O)O)c(F)c1. The van der Waals surface area contributed by atoms with Crippen LogP contribution < -0.4 is 5.32 Å². The summed E-state index contributed by atoms with van der Waals surface area (Å²) >= 11 is 0. The number of hydrogen-bond acceptors (Lipinski definition) is 4. The number of nitrogens with one attached hydrogen (secondary N) is 1. The topological polar surface area (TPSA) is 86.6 Å². The summed E-state index contributed by atoms with van der Waals surface area (Å²) < 4.78 is 13.6. The van der Waals surface area contributed by atoms with Crippen molar-refractivity contribution >= 4 is 11.7 Å². The number of aryl methyl sites for hydroxylation is 1. The molecule has 0 bridgehead atoms. The highest BCUT2D eigenvalue weighted by atomic mass is 19.1. The summed E-state index contributed by atoms with van der Waals surface area (Å²) in [6, 6.07) is 2.18. The maximum atomic E-state index is 13.6. The van der Waals surface area contributed by atoms with E-state index >= 15 is 0 Å². The van der Waals surface area contributed by atoms with E-state index in [1.807, 2.05) is 0 Å². The van der Waals surface area contributed by atoms with E-state index in [9.17, 15) is 14.0 Å². The number of aliphatic hydroxyl groups is 2. The van der Waals surface area contributed by atoms with Crippen LogP contribution in [0.3, 0.4) is 0 Å². The van der Waals surface area contributed by atoms with E-state index in [-0.39, 0.29) is 11.1 Å². The van der Waals surface area contributed by atoms with Gasteiger partial charge in [0.2, 0.25) is 12.1 Å². The van der Waals surface area contributed by atoms with E-state index in [1.165, 1.54) is 20.0 Å². The van der Waals surface area contributed by atoms with Crippen molar-refractivity contribution in [1.29, 1.82) is 0 Å². The number of hydrogen-bond donors (Lipinski definition) is 3. The number of benzene rings is 1. The van der Waals surface area contributed by atoms with Crippen LogP contribution in [0.25, 0.3) is 0 Å². The predicted molar refractivity (Wildman–Crippen MR) is 57.1 cm³/mol. The fourth-order valence-electron chi connectivity index (χ4n) is 1.46. The van der Waals surface area contributed by atoms with Gasteiger partial charge in [-0.05, 0) is 24.6 Å². The minimum atomic E-state index is -2.27. The molecule has 0 fully saturated rings. The molecule has 1 aromatic rings. The molecule has 1 amide bonds. The third kappa shape index (κ3) is 2.66. The smallest absolute Gasteiger partial charge is 0.251 e. The molecular formula is C11H12FNO4. The minimum Gasteiger partial charge on any atom is -0.362 e. The molecule has 3 N–H and O–H groups in total. The molecule has 0 spiro atoms. The molecule has 0 aliphatic rings. The number of carbonyl (C=O) groups excluding carboxylic acids is 2. The third-order valence-electron chi connectivity index (χ3n) is 2.26. The lowest BCUT2D eigenvalue weighted by Gasteiger charge is -2.09. The zero-order valence-electron chi connectivity index (χ0n) is 9.32. The van der Waals surface area contributed by atoms with Gasteiger partial charge in [0.1, 0.15) is 5.82 Å². The summed E-state index contributed by atoms with van der Waals surface area (Å²) in [4.78, 5) is 22.6. The van der Waals surface area contributed by atoms with Crippen molar-refractivity contribution in [3.05, 3.63) is 34.6 Å². The number of aliphatic hydroxyl groups excluding tert-OH is 1. The lowest BCUT2D eigenvalue weighted by molar-refractivity contribution is -0.0198. The normalized spacial score (nSPS) is 10.5. The van der Waals surface area contributed by atoms with Crippen LogP contribution in [0.4, 0.5) is 4.39 Å². The summed E-state index contributed by atoms with van der Waals surface area (Å²) in [6.45, 7) is 1.41. The molecule has 17 heavy (non-hydrogen) atoms. The molecule has 0 aliphatic heterocycles. The largest absolute Gasteiger partial charge is 0.362 e. The first-order valence-electron chi connectivity index (χ1n) is 4.81. The summed E-state index contributed by atoms with van der Waals surface area (Å²) in [5, 5.41) is 19.7. The second-order valence-corrected chi connectivity index (χ2v) is 3.47. The highest BCUT2D eigenvalue weighted by Gasteiger charge is 2.22. The second-order valence-electron chi connectivity index (χ2n) is 3.47. The number of carbonyl (C=O) groups is 2. The Kier molecular flexibility index (Phi) is 3.93. The van der Waals surface area contributed by atoms with Crippen LogP contribution in [0.5, 0.6) is 0 Å². The summed E-state index contributed by atoms with van der Waals surface area (Å²) in [5.41, 5.74) is -0.194. The zero-order valence-corrected chi connectivity index (χ0v) is 9.32. The Labute approximate surface area is 96.9 Å². The molecule has 92 valence electrons. The summed E-state index contributed by atoms with van der Waals surface area (Å²) in [6.07, 6.45) is -2.27. The molecular weight excluding hydrogens is 229 g/mol. The predicted octanol–water partition coefficient (Wildman–Crippen LogP) is -0.0129. The van der Waals surface area contributed by atoms with E-state index in [1.54, 1.807) is 0 Å². The number of Topliss-reactive ketones (excluding diaryl/α,β-unsaturated/α-hetero) is 1. The van der Waals surface area contributed by atoms with Gasteiger partial charge in [0.05, 0.1) is 5.56 Å². The van der Waals surface area contributed by atoms with Crippen LogP contribution in [0, 0.1) is 12.7 Å². The average molecular weight is 241 g/mol. The van der Waals surface area contributed by atoms with Crippen LogP contribution in [0.15, 0.2) is 12.1 Å². The van der Waals surface area contributed by atoms with E-state index in [0.29, 0.717) is 0 Å². The van der Waals surface area contributed by atoms with Gasteiger partial charge < -0.3 is 15.5 Å². The Morgan fingerprint density at radius 2 is 1.94 bits per heavy atom. The number of halogens is 1. The Bertz CT molecular complexity index is 448. The van der Waals surface area contributed by atoms with Crippen molar-refractivity contribution < 1.29 is 24.2 Å². The Hall–Kier alpha value is -1.79. The van der Waals surface area contributed by atoms with Gasteiger partial charge in [0.25, 0.3) is 5.91 Å². The van der Waals surface area contributed by atoms with E-state index in [2.05, 4.69) is 5.32 Å². The number of amides is 1. The zero-order chi connectivity index (χ0) is 13.2. The fraction of sp³-hybridized carbons (Fsp3) is 0.273. The highest BCUT2D eigenvalue weighted by Crippen LogP contribution is 2.17. The monoisotopic (exact) mass is 241 g/mol. The molecule has 0 radical (unpaired) electrons. The van der Waals surface area contributed by atoms with Gasteiger partial charge in [0.15, 0.2) is 0 Å². The molecule has 0 heterocycles. The molecule has 0 aliphatic carbocycles. The van der Waals surface area contributed by atoms with E-state index < -0.39 is 29.4 Å². The molecule has 6 heteroatoms. The van der Waals surface area contributed by atoms with Crippen molar-refractivity contribution in [2.45, 2.75) is 13.2 Å². The van der Waals surface area contributed by atoms with Crippen molar-refractivity contribution in [3.8, 4) is 0 Å². The van der Waals surface area contributed by atoms with Crippen molar-refractivity contribution in [1.82, 2.24) is 5.32 Å². The van der Waals surface area contributed by atoms with Crippen molar-refractivity contribution in [2.75, 3.05) is 7.05 Å². The number of rotatable bonds is 3. The molecule has 1 rings (SSSR count). The Morgan fingerprint density at radius 1 is 1.35 bits per heavy atom. The van der Waals surface area contributed by atoms with Gasteiger partial charge in [-0.25, -0.2) is 4.39 Å². The van der Waals surface area contributed by atoms with Crippen molar-refractivity contribution in [2.24, 2.45) is 0 Å². The Morgan fingerprint density at radius 3 is 2.35 bits per heavy atom. The van der Waals surface area contributed by atoms with Crippen molar-refractivity contribution in [3.63, 3.8) is 0 Å². The molecule has 5 nitrogen and oxygen atoms in total. The first-order valence-corrected chi connectivity index (χ1v) is 4.81. The Balaban J connectivity index is 3.29. The van der Waals surface area contributed by atoms with Gasteiger partial charge in [-0.15, -0.1) is 0 Å². The van der Waals surface area contributed by atoms with Gasteiger partial charge in [0, 0.05) is 12.6 Å². The molecule has 0 unspecified atom stereocenters. The van der Waals surface area contributed by atoms with Crippen LogP contribution in [0.1, 0.15) is 26.3 Å². The van der Waals surface area contributed by atoms with E-state index in [4.69, 9.17) is 10.2 Å². The summed E-state index contributed by atoms with van der Waals surface area (Å²) in [7, 11) is 1.39. The number of ketones is 1. The standard InChI is InChI=1S/C11H12FNO4/c1-5-3-6(10(15)13-2)4-7(12)8(5)9(14)11(16)17/h3-4,11,16-17H,1-2H3,(H,13,15). The summed E-state index contributed by atoms with van der Waals surface area (Å²) in [5.74, 6) is -2.58. The third-order valence-corrected chi connectivity index (χ3v) is 2.26. The molecule has 0 aromatic heterocycles. The van der Waals surface area contributed by atoms with E-state index in [0.717, 1.165) is 6.07 Å². The van der Waals surface area contributed by atoms with Gasteiger partial charge in [-0.1, -0.05) is 0 Å². The average Bonchev–Trinajstić information content (AvgIpc) is 2.26. The van der Waals surface area contributed by atoms with Crippen LogP contribution in [-0.4, -0.2) is 35.2 Å². The first-order chi connectivity index (χ1) is 7.88. The lowest BCUT2D eigenvalue weighted by Crippen LogP contribution is -2.23. The van der Waals surface area contributed by atoms with Crippen LogP contribution in [-0.2, 0) is 0 Å². The molecule has 1 aromatic carbocycles.